The van der Waals surface area contributed by atoms with E-state index in [4.69, 9.17) is 16.3 Å². The van der Waals surface area contributed by atoms with Crippen LogP contribution in [-0.2, 0) is 0 Å². The van der Waals surface area contributed by atoms with Gasteiger partial charge >= 0.3 is 0 Å². The maximum atomic E-state index is 12.4. The van der Waals surface area contributed by atoms with Gasteiger partial charge in [0.15, 0.2) is 0 Å². The summed E-state index contributed by atoms with van der Waals surface area (Å²) in [5.74, 6) is 0.0755. The van der Waals surface area contributed by atoms with Crippen molar-refractivity contribution in [1.29, 1.82) is 0 Å². The number of halogens is 1. The van der Waals surface area contributed by atoms with Crippen LogP contribution in [-0.4, -0.2) is 24.3 Å². The third-order valence-electron chi connectivity index (χ3n) is 3.66. The standard InChI is InChI=1S/C19H15ClN2O3/c1-25-18-10-14-5-3-2-4-13(14)9-15(18)19(24)22-21-11-12-6-7-17(23)16(20)8-12/h2-11,23H,1H3,(H,22,24)/b21-11+. The number of aromatic hydroxyl groups is 1. The average Bonchev–Trinajstić information content (AvgIpc) is 2.63. The fourth-order valence-electron chi connectivity index (χ4n) is 2.39. The second-order valence-corrected chi connectivity index (χ2v) is 5.72. The molecule has 25 heavy (non-hydrogen) atoms. The number of hydrazone groups is 1. The molecular formula is C19H15ClN2O3. The number of benzene rings is 3. The number of hydrogen-bond acceptors (Lipinski definition) is 4. The van der Waals surface area contributed by atoms with E-state index in [1.165, 1.54) is 19.4 Å². The van der Waals surface area contributed by atoms with Crippen LogP contribution in [0.1, 0.15) is 15.9 Å². The number of phenolic OH excluding ortho intramolecular Hbond substituents is 1. The summed E-state index contributed by atoms with van der Waals surface area (Å²) in [5, 5.41) is 15.4. The lowest BCUT2D eigenvalue weighted by Gasteiger charge is -2.09. The van der Waals surface area contributed by atoms with Crippen LogP contribution >= 0.6 is 11.6 Å². The molecule has 0 aliphatic heterocycles. The highest BCUT2D eigenvalue weighted by molar-refractivity contribution is 6.32. The van der Waals surface area contributed by atoms with Gasteiger partial charge in [0.1, 0.15) is 11.5 Å². The predicted molar refractivity (Wildman–Crippen MR) is 98.7 cm³/mol. The number of carbonyl (C=O) groups excluding carboxylic acids is 1. The van der Waals surface area contributed by atoms with E-state index in [1.807, 2.05) is 30.3 Å². The number of hydrogen-bond donors (Lipinski definition) is 2. The summed E-state index contributed by atoms with van der Waals surface area (Å²) in [6, 6.07) is 15.9. The first-order valence-electron chi connectivity index (χ1n) is 7.47. The highest BCUT2D eigenvalue weighted by Gasteiger charge is 2.13. The maximum Gasteiger partial charge on any atom is 0.275 e. The molecule has 0 saturated carbocycles. The Hall–Kier alpha value is -3.05. The first-order chi connectivity index (χ1) is 12.1. The lowest BCUT2D eigenvalue weighted by molar-refractivity contribution is 0.0952. The molecule has 0 bridgehead atoms. The molecule has 0 atom stereocenters. The zero-order chi connectivity index (χ0) is 17.8. The number of phenols is 1. The van der Waals surface area contributed by atoms with Gasteiger partial charge in [-0.3, -0.25) is 4.79 Å². The monoisotopic (exact) mass is 354 g/mol. The highest BCUT2D eigenvalue weighted by Crippen LogP contribution is 2.26. The second-order valence-electron chi connectivity index (χ2n) is 5.31. The van der Waals surface area contributed by atoms with E-state index < -0.39 is 0 Å². The van der Waals surface area contributed by atoms with Gasteiger partial charge in [-0.15, -0.1) is 0 Å². The van der Waals surface area contributed by atoms with Gasteiger partial charge in [0.05, 0.1) is 23.9 Å². The minimum absolute atomic E-state index is 0.0104. The van der Waals surface area contributed by atoms with Crippen molar-refractivity contribution in [2.75, 3.05) is 7.11 Å². The van der Waals surface area contributed by atoms with Crippen molar-refractivity contribution in [1.82, 2.24) is 5.43 Å². The fraction of sp³-hybridized carbons (Fsp3) is 0.0526. The summed E-state index contributed by atoms with van der Waals surface area (Å²) in [6.45, 7) is 0. The van der Waals surface area contributed by atoms with Crippen LogP contribution in [0.15, 0.2) is 59.7 Å². The molecule has 2 N–H and O–H groups in total. The first kappa shape index (κ1) is 16.8. The summed E-state index contributed by atoms with van der Waals surface area (Å²) in [5.41, 5.74) is 3.50. The molecular weight excluding hydrogens is 340 g/mol. The van der Waals surface area contributed by atoms with Crippen LogP contribution in [0.3, 0.4) is 0 Å². The minimum Gasteiger partial charge on any atom is -0.506 e. The van der Waals surface area contributed by atoms with Gasteiger partial charge in [0, 0.05) is 0 Å². The zero-order valence-electron chi connectivity index (χ0n) is 13.4. The van der Waals surface area contributed by atoms with Crippen LogP contribution in [0.4, 0.5) is 0 Å². The number of fused-ring (bicyclic) bond motifs is 1. The van der Waals surface area contributed by atoms with Crippen LogP contribution in [0.2, 0.25) is 5.02 Å². The molecule has 5 nitrogen and oxygen atoms in total. The average molecular weight is 355 g/mol. The molecule has 3 rings (SSSR count). The molecule has 6 heteroatoms. The number of amides is 1. The smallest absolute Gasteiger partial charge is 0.275 e. The van der Waals surface area contributed by atoms with Gasteiger partial charge < -0.3 is 9.84 Å². The second kappa shape index (κ2) is 7.23. The molecule has 0 aromatic heterocycles. The van der Waals surface area contributed by atoms with E-state index in [1.54, 1.807) is 18.2 Å². The Kier molecular flexibility index (Phi) is 4.86. The minimum atomic E-state index is -0.385. The quantitative estimate of drug-likeness (QED) is 0.550. The normalized spacial score (nSPS) is 11.0. The number of rotatable bonds is 4. The van der Waals surface area contributed by atoms with Crippen molar-refractivity contribution >= 4 is 34.5 Å². The molecule has 126 valence electrons. The highest BCUT2D eigenvalue weighted by atomic mass is 35.5. The Morgan fingerprint density at radius 1 is 1.16 bits per heavy atom. The third-order valence-corrected chi connectivity index (χ3v) is 3.97. The fourth-order valence-corrected chi connectivity index (χ4v) is 2.58. The van der Waals surface area contributed by atoms with Gasteiger partial charge in [-0.05, 0) is 46.7 Å². The Bertz CT molecular complexity index is 970. The van der Waals surface area contributed by atoms with Crippen molar-refractivity contribution in [3.8, 4) is 11.5 Å². The number of nitrogens with zero attached hydrogens (tertiary/aromatic N) is 1. The van der Waals surface area contributed by atoms with Crippen LogP contribution in [0.25, 0.3) is 10.8 Å². The van der Waals surface area contributed by atoms with E-state index in [2.05, 4.69) is 10.5 Å². The van der Waals surface area contributed by atoms with E-state index >= 15 is 0 Å². The van der Waals surface area contributed by atoms with Crippen LogP contribution in [0, 0.1) is 0 Å². The third kappa shape index (κ3) is 3.72. The lowest BCUT2D eigenvalue weighted by Crippen LogP contribution is -2.18. The Labute approximate surface area is 149 Å². The molecule has 1 amide bonds. The summed E-state index contributed by atoms with van der Waals surface area (Å²) in [7, 11) is 1.52. The first-order valence-corrected chi connectivity index (χ1v) is 7.85. The number of carbonyl (C=O) groups is 1. The van der Waals surface area contributed by atoms with Crippen molar-refractivity contribution in [3.63, 3.8) is 0 Å². The molecule has 0 unspecified atom stereocenters. The zero-order valence-corrected chi connectivity index (χ0v) is 14.1. The molecule has 0 saturated heterocycles. The van der Waals surface area contributed by atoms with E-state index in [0.717, 1.165) is 10.8 Å². The summed E-state index contributed by atoms with van der Waals surface area (Å²) in [4.78, 5) is 12.4. The van der Waals surface area contributed by atoms with Crippen LogP contribution < -0.4 is 10.2 Å². The van der Waals surface area contributed by atoms with E-state index in [9.17, 15) is 9.90 Å². The summed E-state index contributed by atoms with van der Waals surface area (Å²) in [6.07, 6.45) is 1.44. The summed E-state index contributed by atoms with van der Waals surface area (Å²) >= 11 is 5.83. The van der Waals surface area contributed by atoms with Gasteiger partial charge in [-0.2, -0.15) is 5.10 Å². The van der Waals surface area contributed by atoms with Crippen molar-refractivity contribution < 1.29 is 14.6 Å². The molecule has 0 fully saturated rings. The van der Waals surface area contributed by atoms with Crippen LogP contribution in [0.5, 0.6) is 11.5 Å². The van der Waals surface area contributed by atoms with Gasteiger partial charge in [-0.1, -0.05) is 35.9 Å². The number of nitrogens with one attached hydrogen (secondary N) is 1. The van der Waals surface area contributed by atoms with Crippen molar-refractivity contribution in [2.24, 2.45) is 5.10 Å². The van der Waals surface area contributed by atoms with Gasteiger partial charge in [-0.25, -0.2) is 5.43 Å². The van der Waals surface area contributed by atoms with Gasteiger partial charge in [0.2, 0.25) is 0 Å². The predicted octanol–water partition coefficient (Wildman–Crippen LogP) is 3.97. The molecule has 0 spiro atoms. The van der Waals surface area contributed by atoms with E-state index in [-0.39, 0.29) is 16.7 Å². The molecule has 0 aliphatic carbocycles. The van der Waals surface area contributed by atoms with E-state index in [0.29, 0.717) is 16.9 Å². The lowest BCUT2D eigenvalue weighted by atomic mass is 10.1. The largest absolute Gasteiger partial charge is 0.506 e. The summed E-state index contributed by atoms with van der Waals surface area (Å²) < 4.78 is 5.31. The Balaban J connectivity index is 1.81. The number of ether oxygens (including phenoxy) is 1. The molecule has 0 radical (unpaired) electrons. The Morgan fingerprint density at radius 2 is 1.88 bits per heavy atom. The van der Waals surface area contributed by atoms with Crippen molar-refractivity contribution in [3.05, 3.63) is 70.7 Å². The molecule has 0 aliphatic rings. The van der Waals surface area contributed by atoms with Crippen molar-refractivity contribution in [2.45, 2.75) is 0 Å². The Morgan fingerprint density at radius 3 is 2.56 bits per heavy atom. The molecule has 3 aromatic carbocycles. The molecule has 0 heterocycles. The topological polar surface area (TPSA) is 70.9 Å². The van der Waals surface area contributed by atoms with Gasteiger partial charge in [0.25, 0.3) is 5.91 Å². The molecule has 3 aromatic rings. The maximum absolute atomic E-state index is 12.4. The SMILES string of the molecule is COc1cc2ccccc2cc1C(=O)N/N=C/c1ccc(O)c(Cl)c1. The number of methoxy groups -OCH3 is 1.